The van der Waals surface area contributed by atoms with Gasteiger partial charge in [-0.05, 0) is 0 Å². The number of carboxylic acids is 1. The van der Waals surface area contributed by atoms with Gasteiger partial charge in [0.25, 0.3) is 0 Å². The van der Waals surface area contributed by atoms with Gasteiger partial charge in [-0.1, -0.05) is 0 Å². The van der Waals surface area contributed by atoms with Crippen LogP contribution in [0.3, 0.4) is 0 Å². The fourth-order valence-electron chi connectivity index (χ4n) is 0.934. The number of aromatic carboxylic acids is 1. The van der Waals surface area contributed by atoms with Crippen LogP contribution in [0.2, 0.25) is 0 Å². The number of hydrogen-bond acceptors (Lipinski definition) is 5. The second kappa shape index (κ2) is 4.01. The first-order valence-corrected chi connectivity index (χ1v) is 3.58. The molecule has 0 aliphatic rings. The van der Waals surface area contributed by atoms with Crippen LogP contribution in [0.15, 0.2) is 10.8 Å². The van der Waals surface area contributed by atoms with Gasteiger partial charge in [0.05, 0.1) is 12.6 Å². The van der Waals surface area contributed by atoms with E-state index in [0.717, 1.165) is 6.39 Å². The zero-order valence-corrected chi connectivity index (χ0v) is 7.06. The third kappa shape index (κ3) is 2.04. The molecule has 0 aliphatic heterocycles. The molecule has 1 atom stereocenters. The summed E-state index contributed by atoms with van der Waals surface area (Å²) in [6, 6.07) is -0.599. The number of nitrogens with two attached hydrogens (primary N) is 1. The van der Waals surface area contributed by atoms with Crippen molar-refractivity contribution in [1.82, 2.24) is 4.98 Å². The minimum absolute atomic E-state index is 0.134. The summed E-state index contributed by atoms with van der Waals surface area (Å²) in [5, 5.41) is 8.65. The first-order valence-electron chi connectivity index (χ1n) is 3.58. The van der Waals surface area contributed by atoms with Crippen molar-refractivity contribution in [1.29, 1.82) is 0 Å². The highest BCUT2D eigenvalue weighted by atomic mass is 16.5. The van der Waals surface area contributed by atoms with Gasteiger partial charge in [-0.15, -0.1) is 0 Å². The third-order valence-corrected chi connectivity index (χ3v) is 1.48. The van der Waals surface area contributed by atoms with E-state index < -0.39 is 12.0 Å². The van der Waals surface area contributed by atoms with Gasteiger partial charge in [0, 0.05) is 7.11 Å². The standard InChI is InChI=1S/C7H10N2O4/c1-12-2-4(8)6-5(7(10)11)9-3-13-6/h3-4H,2,8H2,1H3,(H,10,11). The average Bonchev–Trinajstić information content (AvgIpc) is 2.52. The van der Waals surface area contributed by atoms with E-state index in [2.05, 4.69) is 4.98 Å². The molecule has 3 N–H and O–H groups in total. The van der Waals surface area contributed by atoms with E-state index in [-0.39, 0.29) is 18.1 Å². The van der Waals surface area contributed by atoms with Gasteiger partial charge in [-0.2, -0.15) is 0 Å². The van der Waals surface area contributed by atoms with Crippen LogP contribution >= 0.6 is 0 Å². The number of carboxylic acid groups (broad SMARTS) is 1. The van der Waals surface area contributed by atoms with Crippen LogP contribution in [-0.2, 0) is 4.74 Å². The van der Waals surface area contributed by atoms with Gasteiger partial charge in [0.15, 0.2) is 17.8 Å². The molecule has 1 heterocycles. The summed E-state index contributed by atoms with van der Waals surface area (Å²) in [4.78, 5) is 14.1. The highest BCUT2D eigenvalue weighted by Crippen LogP contribution is 2.14. The third-order valence-electron chi connectivity index (χ3n) is 1.48. The van der Waals surface area contributed by atoms with Crippen molar-refractivity contribution in [2.75, 3.05) is 13.7 Å². The summed E-state index contributed by atoms with van der Waals surface area (Å²) in [7, 11) is 1.47. The first kappa shape index (κ1) is 9.69. The Balaban J connectivity index is 2.86. The number of aromatic nitrogens is 1. The van der Waals surface area contributed by atoms with Crippen LogP contribution in [0.1, 0.15) is 22.3 Å². The lowest BCUT2D eigenvalue weighted by atomic mass is 10.2. The topological polar surface area (TPSA) is 98.6 Å². The Morgan fingerprint density at radius 1 is 1.92 bits per heavy atom. The van der Waals surface area contributed by atoms with Crippen molar-refractivity contribution < 1.29 is 19.1 Å². The molecule has 1 unspecified atom stereocenters. The van der Waals surface area contributed by atoms with E-state index in [9.17, 15) is 4.79 Å². The van der Waals surface area contributed by atoms with Crippen LogP contribution in [0, 0.1) is 0 Å². The molecule has 1 aromatic rings. The van der Waals surface area contributed by atoms with E-state index in [1.807, 2.05) is 0 Å². The van der Waals surface area contributed by atoms with Crippen molar-refractivity contribution in [3.8, 4) is 0 Å². The predicted molar refractivity (Wildman–Crippen MR) is 42.3 cm³/mol. The summed E-state index contributed by atoms with van der Waals surface area (Å²) in [5.74, 6) is -1.02. The molecule has 0 amide bonds. The second-order valence-corrected chi connectivity index (χ2v) is 2.43. The molecule has 1 rings (SSSR count). The van der Waals surface area contributed by atoms with Crippen LogP contribution in [0.4, 0.5) is 0 Å². The fourth-order valence-corrected chi connectivity index (χ4v) is 0.934. The van der Waals surface area contributed by atoms with Gasteiger partial charge >= 0.3 is 5.97 Å². The van der Waals surface area contributed by atoms with Gasteiger partial charge in [-0.3, -0.25) is 0 Å². The molecule has 72 valence electrons. The average molecular weight is 186 g/mol. The molecule has 0 aliphatic carbocycles. The SMILES string of the molecule is COCC(N)c1ocnc1C(=O)O. The molecule has 0 saturated heterocycles. The van der Waals surface area contributed by atoms with Gasteiger partial charge in [0.2, 0.25) is 0 Å². The molecule has 0 bridgehead atoms. The number of hydrogen-bond donors (Lipinski definition) is 2. The molecular weight excluding hydrogens is 176 g/mol. The quantitative estimate of drug-likeness (QED) is 0.687. The second-order valence-electron chi connectivity index (χ2n) is 2.43. The van der Waals surface area contributed by atoms with Crippen molar-refractivity contribution in [2.45, 2.75) is 6.04 Å². The summed E-state index contributed by atoms with van der Waals surface area (Å²) in [5.41, 5.74) is 5.40. The zero-order valence-electron chi connectivity index (χ0n) is 7.06. The number of methoxy groups -OCH3 is 1. The first-order chi connectivity index (χ1) is 6.16. The molecular formula is C7H10N2O4. The molecule has 13 heavy (non-hydrogen) atoms. The normalized spacial score (nSPS) is 12.8. The Labute approximate surface area is 74.3 Å². The lowest BCUT2D eigenvalue weighted by Crippen LogP contribution is -2.18. The summed E-state index contributed by atoms with van der Waals surface area (Å²) >= 11 is 0. The Hall–Kier alpha value is -1.40. The molecule has 6 nitrogen and oxygen atoms in total. The molecule has 0 fully saturated rings. The van der Waals surface area contributed by atoms with Crippen LogP contribution in [0.25, 0.3) is 0 Å². The zero-order chi connectivity index (χ0) is 9.84. The largest absolute Gasteiger partial charge is 0.476 e. The molecule has 6 heteroatoms. The molecule has 0 aromatic carbocycles. The Kier molecular flexibility index (Phi) is 2.99. The fraction of sp³-hybridized carbons (Fsp3) is 0.429. The molecule has 1 aromatic heterocycles. The van der Waals surface area contributed by atoms with Gasteiger partial charge in [0.1, 0.15) is 0 Å². The smallest absolute Gasteiger partial charge is 0.358 e. The van der Waals surface area contributed by atoms with E-state index in [4.69, 9.17) is 20.0 Å². The number of ether oxygens (including phenoxy) is 1. The highest BCUT2D eigenvalue weighted by Gasteiger charge is 2.20. The summed E-state index contributed by atoms with van der Waals surface area (Å²) in [6.45, 7) is 0.190. The van der Waals surface area contributed by atoms with Crippen molar-refractivity contribution in [3.63, 3.8) is 0 Å². The number of carbonyl (C=O) groups is 1. The van der Waals surface area contributed by atoms with Crippen LogP contribution in [-0.4, -0.2) is 29.8 Å². The van der Waals surface area contributed by atoms with E-state index in [1.165, 1.54) is 7.11 Å². The number of rotatable bonds is 4. The summed E-state index contributed by atoms with van der Waals surface area (Å²) in [6.07, 6.45) is 1.05. The molecule has 0 radical (unpaired) electrons. The van der Waals surface area contributed by atoms with Crippen molar-refractivity contribution in [2.24, 2.45) is 5.73 Å². The Morgan fingerprint density at radius 2 is 2.62 bits per heavy atom. The number of oxazole rings is 1. The lowest BCUT2D eigenvalue weighted by Gasteiger charge is -2.06. The maximum absolute atomic E-state index is 10.6. The monoisotopic (exact) mass is 186 g/mol. The highest BCUT2D eigenvalue weighted by molar-refractivity contribution is 5.86. The van der Waals surface area contributed by atoms with Gasteiger partial charge in [-0.25, -0.2) is 9.78 Å². The molecule has 0 spiro atoms. The van der Waals surface area contributed by atoms with Crippen LogP contribution < -0.4 is 5.73 Å². The van der Waals surface area contributed by atoms with Crippen molar-refractivity contribution >= 4 is 5.97 Å². The maximum atomic E-state index is 10.6. The minimum Gasteiger partial charge on any atom is -0.476 e. The van der Waals surface area contributed by atoms with E-state index in [0.29, 0.717) is 0 Å². The predicted octanol–water partition coefficient (Wildman–Crippen LogP) is 0.0190. The Bertz CT molecular complexity index is 296. The summed E-state index contributed by atoms with van der Waals surface area (Å²) < 4.78 is 9.60. The van der Waals surface area contributed by atoms with Gasteiger partial charge < -0.3 is 20.0 Å². The van der Waals surface area contributed by atoms with E-state index in [1.54, 1.807) is 0 Å². The number of nitrogens with zero attached hydrogens (tertiary/aromatic N) is 1. The van der Waals surface area contributed by atoms with Crippen molar-refractivity contribution in [3.05, 3.63) is 17.8 Å². The molecule has 0 saturated carbocycles. The maximum Gasteiger partial charge on any atom is 0.358 e. The lowest BCUT2D eigenvalue weighted by molar-refractivity contribution is 0.0686. The van der Waals surface area contributed by atoms with Crippen LogP contribution in [0.5, 0.6) is 0 Å². The van der Waals surface area contributed by atoms with E-state index >= 15 is 0 Å². The Morgan fingerprint density at radius 3 is 3.15 bits per heavy atom. The minimum atomic E-state index is -1.16.